The second kappa shape index (κ2) is 9.38. The average Bonchev–Trinajstić information content (AvgIpc) is 2.29. The van der Waals surface area contributed by atoms with Crippen LogP contribution in [0.4, 0.5) is 0 Å². The first kappa shape index (κ1) is 17.4. The fraction of sp³-hybridized carbons (Fsp3) is 0.615. The largest absolute Gasteiger partial charge is 0.370 e. The van der Waals surface area contributed by atoms with Gasteiger partial charge in [0.15, 0.2) is 5.96 Å². The lowest BCUT2D eigenvalue weighted by molar-refractivity contribution is 0.298. The van der Waals surface area contributed by atoms with E-state index in [1.54, 1.807) is 0 Å². The van der Waals surface area contributed by atoms with Crippen LogP contribution in [-0.2, 0) is 0 Å². The molecule has 0 spiro atoms. The van der Waals surface area contributed by atoms with Gasteiger partial charge in [0.1, 0.15) is 0 Å². The molecule has 0 aromatic heterocycles. The van der Waals surface area contributed by atoms with E-state index in [1.165, 1.54) is 12.0 Å². The summed E-state index contributed by atoms with van der Waals surface area (Å²) in [6.07, 6.45) is 3.47. The summed E-state index contributed by atoms with van der Waals surface area (Å²) in [5, 5.41) is 3.12. The van der Waals surface area contributed by atoms with E-state index in [0.717, 1.165) is 31.8 Å². The Bertz CT molecular complexity index is 323. The molecule has 1 aliphatic rings. The summed E-state index contributed by atoms with van der Waals surface area (Å²) in [7, 11) is 0. The van der Waals surface area contributed by atoms with Gasteiger partial charge in [-0.05, 0) is 20.3 Å². The number of hydrogen-bond donors (Lipinski definition) is 2. The van der Waals surface area contributed by atoms with Crippen LogP contribution in [0.1, 0.15) is 20.3 Å². The molecule has 0 aromatic rings. The zero-order chi connectivity index (χ0) is 12.7. The number of nitrogens with zero attached hydrogens (tertiary/aromatic N) is 2. The van der Waals surface area contributed by atoms with E-state index in [2.05, 4.69) is 34.8 Å². The van der Waals surface area contributed by atoms with Crippen molar-refractivity contribution in [3.63, 3.8) is 0 Å². The van der Waals surface area contributed by atoms with Crippen molar-refractivity contribution in [2.45, 2.75) is 20.3 Å². The monoisotopic (exact) mass is 364 g/mol. The highest BCUT2D eigenvalue weighted by Gasteiger charge is 2.08. The zero-order valence-corrected chi connectivity index (χ0v) is 13.7. The van der Waals surface area contributed by atoms with Gasteiger partial charge in [0, 0.05) is 26.2 Å². The van der Waals surface area contributed by atoms with Gasteiger partial charge < -0.3 is 11.1 Å². The summed E-state index contributed by atoms with van der Waals surface area (Å²) in [4.78, 5) is 6.58. The molecule has 104 valence electrons. The number of guanidine groups is 1. The lowest BCUT2D eigenvalue weighted by Crippen LogP contribution is -2.40. The Balaban J connectivity index is 0.00000289. The van der Waals surface area contributed by atoms with Gasteiger partial charge in [0.25, 0.3) is 0 Å². The van der Waals surface area contributed by atoms with Crippen LogP contribution >= 0.6 is 24.0 Å². The van der Waals surface area contributed by atoms with Gasteiger partial charge in [0.2, 0.25) is 0 Å². The predicted octanol–water partition coefficient (Wildman–Crippen LogP) is 1.74. The van der Waals surface area contributed by atoms with Crippen LogP contribution in [-0.4, -0.2) is 43.6 Å². The van der Waals surface area contributed by atoms with E-state index < -0.39 is 0 Å². The molecule has 0 atom stereocenters. The predicted molar refractivity (Wildman–Crippen MR) is 89.5 cm³/mol. The van der Waals surface area contributed by atoms with Crippen LogP contribution in [0, 0.1) is 0 Å². The minimum absolute atomic E-state index is 0. The van der Waals surface area contributed by atoms with Crippen molar-refractivity contribution in [1.29, 1.82) is 0 Å². The molecule has 0 aliphatic carbocycles. The minimum atomic E-state index is 0. The molecule has 0 saturated carbocycles. The smallest absolute Gasteiger partial charge is 0.188 e. The highest BCUT2D eigenvalue weighted by Crippen LogP contribution is 2.08. The maximum atomic E-state index is 5.73. The minimum Gasteiger partial charge on any atom is -0.370 e. The van der Waals surface area contributed by atoms with Crippen molar-refractivity contribution in [3.8, 4) is 0 Å². The number of nitrogens with one attached hydrogen (secondary N) is 1. The molecule has 0 bridgehead atoms. The Hall–Kier alpha value is -0.560. The van der Waals surface area contributed by atoms with Crippen molar-refractivity contribution < 1.29 is 0 Å². The van der Waals surface area contributed by atoms with E-state index in [1.807, 2.05) is 6.92 Å². The first-order chi connectivity index (χ1) is 8.08. The number of rotatable bonds is 5. The highest BCUT2D eigenvalue weighted by molar-refractivity contribution is 14.0. The summed E-state index contributed by atoms with van der Waals surface area (Å²) in [6.45, 7) is 12.6. The van der Waals surface area contributed by atoms with Gasteiger partial charge in [-0.25, -0.2) is 4.99 Å². The van der Waals surface area contributed by atoms with Crippen LogP contribution in [0.5, 0.6) is 0 Å². The van der Waals surface area contributed by atoms with E-state index in [9.17, 15) is 0 Å². The Kier molecular flexibility index (Phi) is 9.09. The third-order valence-electron chi connectivity index (χ3n) is 2.77. The fourth-order valence-electron chi connectivity index (χ4n) is 1.63. The van der Waals surface area contributed by atoms with Crippen molar-refractivity contribution >= 4 is 29.9 Å². The first-order valence-electron chi connectivity index (χ1n) is 6.14. The van der Waals surface area contributed by atoms with Crippen LogP contribution in [0.2, 0.25) is 0 Å². The number of hydrogen-bond acceptors (Lipinski definition) is 2. The SMILES string of the molecule is C=C(C)CN=C(N)NCCN1CC=C(C)CC1.I. The second-order valence-electron chi connectivity index (χ2n) is 4.69. The third-order valence-corrected chi connectivity index (χ3v) is 2.77. The molecule has 1 rings (SSSR count). The van der Waals surface area contributed by atoms with Crippen LogP contribution < -0.4 is 11.1 Å². The van der Waals surface area contributed by atoms with Gasteiger partial charge in [0.05, 0.1) is 6.54 Å². The maximum Gasteiger partial charge on any atom is 0.188 e. The molecule has 0 aromatic carbocycles. The molecule has 0 amide bonds. The molecule has 0 fully saturated rings. The number of aliphatic imine (C=N–C) groups is 1. The molecule has 1 heterocycles. The topological polar surface area (TPSA) is 53.6 Å². The van der Waals surface area contributed by atoms with Crippen LogP contribution in [0.15, 0.2) is 28.8 Å². The van der Waals surface area contributed by atoms with Gasteiger partial charge in [-0.1, -0.05) is 23.8 Å². The highest BCUT2D eigenvalue weighted by atomic mass is 127. The van der Waals surface area contributed by atoms with Crippen molar-refractivity contribution in [2.75, 3.05) is 32.7 Å². The summed E-state index contributed by atoms with van der Waals surface area (Å²) in [5.41, 5.74) is 8.24. The molecular formula is C13H25IN4. The Morgan fingerprint density at radius 1 is 1.61 bits per heavy atom. The third kappa shape index (κ3) is 7.71. The Morgan fingerprint density at radius 2 is 2.33 bits per heavy atom. The molecular weight excluding hydrogens is 339 g/mol. The van der Waals surface area contributed by atoms with Gasteiger partial charge in [-0.2, -0.15) is 0 Å². The Labute approximate surface area is 127 Å². The molecule has 5 heteroatoms. The molecule has 0 radical (unpaired) electrons. The average molecular weight is 364 g/mol. The quantitative estimate of drug-likeness (QED) is 0.338. The number of halogens is 1. The van der Waals surface area contributed by atoms with Gasteiger partial charge in [-0.3, -0.25) is 4.90 Å². The Morgan fingerprint density at radius 3 is 2.89 bits per heavy atom. The van der Waals surface area contributed by atoms with E-state index in [0.29, 0.717) is 12.5 Å². The fourth-order valence-corrected chi connectivity index (χ4v) is 1.63. The summed E-state index contributed by atoms with van der Waals surface area (Å²) >= 11 is 0. The van der Waals surface area contributed by atoms with E-state index in [4.69, 9.17) is 5.73 Å². The van der Waals surface area contributed by atoms with Crippen molar-refractivity contribution in [3.05, 3.63) is 23.8 Å². The zero-order valence-electron chi connectivity index (χ0n) is 11.4. The van der Waals surface area contributed by atoms with Crippen molar-refractivity contribution in [2.24, 2.45) is 10.7 Å². The molecule has 4 nitrogen and oxygen atoms in total. The molecule has 3 N–H and O–H groups in total. The summed E-state index contributed by atoms with van der Waals surface area (Å²) < 4.78 is 0. The molecule has 18 heavy (non-hydrogen) atoms. The maximum absolute atomic E-state index is 5.73. The second-order valence-corrected chi connectivity index (χ2v) is 4.69. The van der Waals surface area contributed by atoms with Crippen molar-refractivity contribution in [1.82, 2.24) is 10.2 Å². The summed E-state index contributed by atoms with van der Waals surface area (Å²) in [6, 6.07) is 0. The lowest BCUT2D eigenvalue weighted by Gasteiger charge is -2.25. The lowest BCUT2D eigenvalue weighted by atomic mass is 10.1. The summed E-state index contributed by atoms with van der Waals surface area (Å²) in [5.74, 6) is 0.511. The van der Waals surface area contributed by atoms with E-state index >= 15 is 0 Å². The van der Waals surface area contributed by atoms with Gasteiger partial charge in [-0.15, -0.1) is 24.0 Å². The molecule has 0 unspecified atom stereocenters. The number of nitrogens with two attached hydrogens (primary N) is 1. The van der Waals surface area contributed by atoms with Gasteiger partial charge >= 0.3 is 0 Å². The normalized spacial score (nSPS) is 16.8. The standard InChI is InChI=1S/C13H24N4.HI/c1-11(2)10-16-13(14)15-6-9-17-7-4-12(3)5-8-17;/h4H,1,5-10H2,2-3H3,(H3,14,15,16);1H. The van der Waals surface area contributed by atoms with Crippen LogP contribution in [0.3, 0.4) is 0 Å². The van der Waals surface area contributed by atoms with E-state index in [-0.39, 0.29) is 24.0 Å². The van der Waals surface area contributed by atoms with Crippen LogP contribution in [0.25, 0.3) is 0 Å². The molecule has 0 saturated heterocycles. The first-order valence-corrected chi connectivity index (χ1v) is 6.14. The molecule has 1 aliphatic heterocycles.